The van der Waals surface area contributed by atoms with E-state index in [2.05, 4.69) is 33.9 Å². The first kappa shape index (κ1) is 26.3. The van der Waals surface area contributed by atoms with Crippen LogP contribution in [0.15, 0.2) is 65.6 Å². The number of carbonyl (C=O) groups excluding carboxylic acids is 1. The molecule has 7 nitrogen and oxygen atoms in total. The van der Waals surface area contributed by atoms with Gasteiger partial charge in [-0.3, -0.25) is 0 Å². The van der Waals surface area contributed by atoms with E-state index in [4.69, 9.17) is 16.3 Å². The molecular formula is C27H32ClN3O4S. The smallest absolute Gasteiger partial charge is 0.410 e. The van der Waals surface area contributed by atoms with Gasteiger partial charge in [0, 0.05) is 43.8 Å². The quantitative estimate of drug-likeness (QED) is 0.482. The number of nitrogens with zero attached hydrogens (tertiary/aromatic N) is 2. The number of hydrogen-bond donors (Lipinski definition) is 1. The molecule has 1 fully saturated rings. The van der Waals surface area contributed by atoms with Crippen molar-refractivity contribution < 1.29 is 17.9 Å². The molecule has 0 spiro atoms. The molecule has 0 radical (unpaired) electrons. The van der Waals surface area contributed by atoms with E-state index in [1.807, 2.05) is 32.9 Å². The first-order chi connectivity index (χ1) is 17.0. The molecule has 1 aliphatic rings. The summed E-state index contributed by atoms with van der Waals surface area (Å²) in [5.74, 6) is 0. The van der Waals surface area contributed by atoms with Crippen LogP contribution in [-0.4, -0.2) is 57.7 Å². The third-order valence-corrected chi connectivity index (χ3v) is 8.04. The molecule has 0 aliphatic carbocycles. The summed E-state index contributed by atoms with van der Waals surface area (Å²) in [5.41, 5.74) is 1.65. The van der Waals surface area contributed by atoms with E-state index >= 15 is 0 Å². The topological polar surface area (TPSA) is 79.0 Å². The largest absolute Gasteiger partial charge is 0.444 e. The zero-order chi connectivity index (χ0) is 25.9. The van der Waals surface area contributed by atoms with Crippen LogP contribution in [0.3, 0.4) is 0 Å². The highest BCUT2D eigenvalue weighted by Crippen LogP contribution is 2.31. The summed E-state index contributed by atoms with van der Waals surface area (Å²) in [6, 6.07) is 18.7. The van der Waals surface area contributed by atoms with Crippen molar-refractivity contribution in [3.63, 3.8) is 0 Å². The number of ether oxygens (including phenoxy) is 1. The highest BCUT2D eigenvalue weighted by Gasteiger charge is 2.26. The first-order valence-corrected chi connectivity index (χ1v) is 13.9. The van der Waals surface area contributed by atoms with Gasteiger partial charge in [0.05, 0.1) is 5.02 Å². The second-order valence-corrected chi connectivity index (χ2v) is 12.0. The van der Waals surface area contributed by atoms with Crippen LogP contribution in [0.5, 0.6) is 0 Å². The van der Waals surface area contributed by atoms with E-state index in [9.17, 15) is 13.2 Å². The molecule has 36 heavy (non-hydrogen) atoms. The van der Waals surface area contributed by atoms with Gasteiger partial charge >= 0.3 is 6.09 Å². The summed E-state index contributed by atoms with van der Waals surface area (Å²) in [6.45, 7) is 8.47. The van der Waals surface area contributed by atoms with Crippen molar-refractivity contribution in [1.29, 1.82) is 0 Å². The highest BCUT2D eigenvalue weighted by atomic mass is 35.5. The third kappa shape index (κ3) is 6.11. The number of halogens is 1. The molecule has 1 amide bonds. The lowest BCUT2D eigenvalue weighted by Gasteiger charge is -2.37. The SMILES string of the molecule is CC(C)(C)OC(=O)N1CCN(c2ccc(CCNS(=O)(=O)c3ccccc3Cl)c3ccccc23)CC1. The van der Waals surface area contributed by atoms with Crippen LogP contribution in [0.4, 0.5) is 10.5 Å². The van der Waals surface area contributed by atoms with Crippen LogP contribution in [0, 0.1) is 0 Å². The maximum atomic E-state index is 12.7. The van der Waals surface area contributed by atoms with E-state index in [1.165, 1.54) is 6.07 Å². The molecule has 1 N–H and O–H groups in total. The number of hydrogen-bond acceptors (Lipinski definition) is 5. The number of carbonyl (C=O) groups is 1. The molecule has 0 aromatic heterocycles. The Hall–Kier alpha value is -2.81. The van der Waals surface area contributed by atoms with Gasteiger partial charge in [0.2, 0.25) is 10.0 Å². The minimum Gasteiger partial charge on any atom is -0.444 e. The summed E-state index contributed by atoms with van der Waals surface area (Å²) in [6.07, 6.45) is 0.262. The fourth-order valence-corrected chi connectivity index (χ4v) is 5.91. The molecule has 1 saturated heterocycles. The summed E-state index contributed by atoms with van der Waals surface area (Å²) >= 11 is 6.08. The number of benzene rings is 3. The molecule has 192 valence electrons. The molecule has 0 saturated carbocycles. The van der Waals surface area contributed by atoms with Gasteiger partial charge in [-0.25, -0.2) is 17.9 Å². The first-order valence-electron chi connectivity index (χ1n) is 12.0. The van der Waals surface area contributed by atoms with Gasteiger partial charge in [0.25, 0.3) is 0 Å². The Morgan fingerprint density at radius 2 is 1.58 bits per heavy atom. The molecule has 3 aromatic carbocycles. The number of nitrogens with one attached hydrogen (secondary N) is 1. The van der Waals surface area contributed by atoms with Gasteiger partial charge < -0.3 is 14.5 Å². The predicted molar refractivity (Wildman–Crippen MR) is 144 cm³/mol. The van der Waals surface area contributed by atoms with Gasteiger partial charge in [-0.1, -0.05) is 54.1 Å². The van der Waals surface area contributed by atoms with Crippen molar-refractivity contribution in [3.05, 3.63) is 71.2 Å². The fraction of sp³-hybridized carbons (Fsp3) is 0.370. The monoisotopic (exact) mass is 529 g/mol. The Balaban J connectivity index is 1.45. The van der Waals surface area contributed by atoms with Crippen molar-refractivity contribution in [2.75, 3.05) is 37.6 Å². The average molecular weight is 530 g/mol. The predicted octanol–water partition coefficient (Wildman–Crippen LogP) is 5.07. The lowest BCUT2D eigenvalue weighted by Crippen LogP contribution is -2.50. The van der Waals surface area contributed by atoms with Gasteiger partial charge in [-0.15, -0.1) is 0 Å². The zero-order valence-electron chi connectivity index (χ0n) is 20.8. The average Bonchev–Trinajstić information content (AvgIpc) is 2.83. The van der Waals surface area contributed by atoms with Crippen LogP contribution in [-0.2, 0) is 21.2 Å². The van der Waals surface area contributed by atoms with Gasteiger partial charge in [0.1, 0.15) is 10.5 Å². The lowest BCUT2D eigenvalue weighted by atomic mass is 10.00. The Kier molecular flexibility index (Phi) is 7.78. The number of sulfonamides is 1. The van der Waals surface area contributed by atoms with E-state index in [-0.39, 0.29) is 22.6 Å². The van der Waals surface area contributed by atoms with Crippen molar-refractivity contribution in [2.45, 2.75) is 37.7 Å². The van der Waals surface area contributed by atoms with Crippen LogP contribution in [0.2, 0.25) is 5.02 Å². The van der Waals surface area contributed by atoms with E-state index in [1.54, 1.807) is 23.1 Å². The molecule has 1 aliphatic heterocycles. The second-order valence-electron chi connectivity index (χ2n) is 9.82. The second kappa shape index (κ2) is 10.7. The van der Waals surface area contributed by atoms with Crippen molar-refractivity contribution in [3.8, 4) is 0 Å². The molecule has 3 aromatic rings. The molecular weight excluding hydrogens is 498 g/mol. The fourth-order valence-electron chi connectivity index (χ4n) is 4.36. The molecule has 0 unspecified atom stereocenters. The molecule has 0 atom stereocenters. The van der Waals surface area contributed by atoms with Crippen LogP contribution >= 0.6 is 11.6 Å². The van der Waals surface area contributed by atoms with Gasteiger partial charge in [0.15, 0.2) is 0 Å². The summed E-state index contributed by atoms with van der Waals surface area (Å²) in [7, 11) is -3.70. The van der Waals surface area contributed by atoms with Crippen LogP contribution in [0.1, 0.15) is 26.3 Å². The summed E-state index contributed by atoms with van der Waals surface area (Å²) in [5, 5.41) is 2.39. The summed E-state index contributed by atoms with van der Waals surface area (Å²) < 4.78 is 33.5. The Labute approximate surface area is 218 Å². The Morgan fingerprint density at radius 1 is 0.944 bits per heavy atom. The van der Waals surface area contributed by atoms with Crippen molar-refractivity contribution in [2.24, 2.45) is 0 Å². The number of piperazine rings is 1. The van der Waals surface area contributed by atoms with E-state index in [0.717, 1.165) is 22.0 Å². The van der Waals surface area contributed by atoms with E-state index < -0.39 is 15.6 Å². The maximum absolute atomic E-state index is 12.7. The van der Waals surface area contributed by atoms with Crippen LogP contribution < -0.4 is 9.62 Å². The maximum Gasteiger partial charge on any atom is 0.410 e. The Morgan fingerprint density at radius 3 is 2.25 bits per heavy atom. The normalized spacial score (nSPS) is 14.8. The van der Waals surface area contributed by atoms with Crippen LogP contribution in [0.25, 0.3) is 10.8 Å². The van der Waals surface area contributed by atoms with Gasteiger partial charge in [-0.05, 0) is 56.3 Å². The van der Waals surface area contributed by atoms with Crippen molar-refractivity contribution in [1.82, 2.24) is 9.62 Å². The summed E-state index contributed by atoms with van der Waals surface area (Å²) in [4.78, 5) is 16.5. The zero-order valence-corrected chi connectivity index (χ0v) is 22.4. The minimum absolute atomic E-state index is 0.0809. The third-order valence-electron chi connectivity index (χ3n) is 6.08. The minimum atomic E-state index is -3.70. The Bertz CT molecular complexity index is 1350. The number of anilines is 1. The number of rotatable bonds is 6. The standard InChI is InChI=1S/C27H32ClN3O4S/c1-27(2,3)35-26(32)31-18-16-30(17-19-31)24-13-12-20(21-8-4-5-9-22(21)24)14-15-29-36(33,34)25-11-7-6-10-23(25)28/h4-13,29H,14-19H2,1-3H3. The number of fused-ring (bicyclic) bond motifs is 1. The van der Waals surface area contributed by atoms with Gasteiger partial charge in [-0.2, -0.15) is 0 Å². The number of amides is 1. The molecule has 4 rings (SSSR count). The highest BCUT2D eigenvalue weighted by molar-refractivity contribution is 7.89. The lowest BCUT2D eigenvalue weighted by molar-refractivity contribution is 0.0240. The molecule has 0 bridgehead atoms. The van der Waals surface area contributed by atoms with E-state index in [0.29, 0.717) is 32.6 Å². The molecule has 9 heteroatoms. The molecule has 1 heterocycles. The van der Waals surface area contributed by atoms with Crippen molar-refractivity contribution >= 4 is 44.2 Å².